The normalized spacial score (nSPS) is 15.3. The van der Waals surface area contributed by atoms with Crippen molar-refractivity contribution in [2.24, 2.45) is 0 Å². The van der Waals surface area contributed by atoms with Gasteiger partial charge in [0.2, 0.25) is 0 Å². The van der Waals surface area contributed by atoms with Gasteiger partial charge in [0.1, 0.15) is 5.75 Å². The lowest BCUT2D eigenvalue weighted by molar-refractivity contribution is -0.128. The molecule has 0 unspecified atom stereocenters. The number of ether oxygens (including phenoxy) is 1. The van der Waals surface area contributed by atoms with Crippen LogP contribution in [-0.4, -0.2) is 25.1 Å². The minimum atomic E-state index is -0.473. The smallest absolute Gasteiger partial charge is 0.261 e. The molecule has 0 aliphatic carbocycles. The number of rotatable bonds is 7. The van der Waals surface area contributed by atoms with Crippen LogP contribution in [0.15, 0.2) is 48.5 Å². The molecule has 0 spiro atoms. The third-order valence-corrected chi connectivity index (χ3v) is 5.06. The molecule has 0 bridgehead atoms. The first-order valence-electron chi connectivity index (χ1n) is 10.0. The number of anilines is 1. The first-order valence-corrected chi connectivity index (χ1v) is 10.0. The number of piperidine rings is 1. The van der Waals surface area contributed by atoms with Crippen molar-refractivity contribution in [3.63, 3.8) is 0 Å². The minimum absolute atomic E-state index is 0.0703. The van der Waals surface area contributed by atoms with Crippen LogP contribution in [0.5, 0.6) is 5.75 Å². The molecule has 4 heteroatoms. The van der Waals surface area contributed by atoms with Gasteiger partial charge in [0.25, 0.3) is 5.91 Å². The minimum Gasteiger partial charge on any atom is -0.481 e. The predicted molar refractivity (Wildman–Crippen MR) is 110 cm³/mol. The Morgan fingerprint density at radius 3 is 2.52 bits per heavy atom. The molecular formula is C23H30N2O2. The Morgan fingerprint density at radius 2 is 1.85 bits per heavy atom. The first kappa shape index (κ1) is 19.3. The van der Waals surface area contributed by atoms with Crippen LogP contribution in [0.1, 0.15) is 43.7 Å². The van der Waals surface area contributed by atoms with Crippen LogP contribution in [0.2, 0.25) is 0 Å². The number of hydrogen-bond acceptors (Lipinski definition) is 3. The lowest BCUT2D eigenvalue weighted by atomic mass is 10.1. The second-order valence-corrected chi connectivity index (χ2v) is 7.26. The average Bonchev–Trinajstić information content (AvgIpc) is 2.71. The zero-order chi connectivity index (χ0) is 19.1. The van der Waals surface area contributed by atoms with Gasteiger partial charge in [-0.1, -0.05) is 31.2 Å². The molecular weight excluding hydrogens is 336 g/mol. The molecule has 144 valence electrons. The Kier molecular flexibility index (Phi) is 6.74. The van der Waals surface area contributed by atoms with Gasteiger partial charge in [0.15, 0.2) is 6.10 Å². The number of nitrogens with zero attached hydrogens (tertiary/aromatic N) is 1. The Balaban J connectivity index is 1.52. The fourth-order valence-corrected chi connectivity index (χ4v) is 3.45. The molecule has 0 saturated carbocycles. The van der Waals surface area contributed by atoms with Crippen molar-refractivity contribution in [1.82, 2.24) is 5.32 Å². The van der Waals surface area contributed by atoms with E-state index in [0.717, 1.165) is 30.0 Å². The van der Waals surface area contributed by atoms with E-state index in [0.29, 0.717) is 13.0 Å². The molecule has 27 heavy (non-hydrogen) atoms. The summed E-state index contributed by atoms with van der Waals surface area (Å²) < 4.78 is 5.87. The van der Waals surface area contributed by atoms with Gasteiger partial charge in [0.05, 0.1) is 0 Å². The summed E-state index contributed by atoms with van der Waals surface area (Å²) in [4.78, 5) is 14.9. The van der Waals surface area contributed by atoms with Gasteiger partial charge < -0.3 is 15.0 Å². The molecule has 1 N–H and O–H groups in total. The molecule has 0 aromatic heterocycles. The molecule has 1 fully saturated rings. The average molecular weight is 367 g/mol. The number of benzene rings is 2. The molecule has 1 aliphatic rings. The molecule has 1 aliphatic heterocycles. The van der Waals surface area contributed by atoms with E-state index in [9.17, 15) is 4.79 Å². The highest BCUT2D eigenvalue weighted by Crippen LogP contribution is 2.20. The Labute approximate surface area is 162 Å². The molecule has 1 atom stereocenters. The van der Waals surface area contributed by atoms with Crippen LogP contribution < -0.4 is 15.0 Å². The van der Waals surface area contributed by atoms with Gasteiger partial charge in [-0.2, -0.15) is 0 Å². The molecule has 0 radical (unpaired) electrons. The predicted octanol–water partition coefficient (Wildman–Crippen LogP) is 4.46. The second-order valence-electron chi connectivity index (χ2n) is 7.26. The van der Waals surface area contributed by atoms with Crippen molar-refractivity contribution < 1.29 is 9.53 Å². The second kappa shape index (κ2) is 9.45. The number of aryl methyl sites for hydroxylation is 1. The summed E-state index contributed by atoms with van der Waals surface area (Å²) in [5.41, 5.74) is 3.50. The zero-order valence-corrected chi connectivity index (χ0v) is 16.4. The summed E-state index contributed by atoms with van der Waals surface area (Å²) in [6, 6.07) is 16.3. The van der Waals surface area contributed by atoms with Gasteiger partial charge in [-0.3, -0.25) is 4.79 Å². The SMILES string of the molecule is CC[C@H](Oc1cccc(C)c1)C(=O)NCc1ccc(N2CCCCC2)cc1. The topological polar surface area (TPSA) is 41.6 Å². The summed E-state index contributed by atoms with van der Waals surface area (Å²) >= 11 is 0. The van der Waals surface area contributed by atoms with Crippen molar-refractivity contribution in [2.45, 2.75) is 52.2 Å². The summed E-state index contributed by atoms with van der Waals surface area (Å²) in [5, 5.41) is 3.01. The van der Waals surface area contributed by atoms with Gasteiger partial charge >= 0.3 is 0 Å². The highest BCUT2D eigenvalue weighted by Gasteiger charge is 2.18. The molecule has 1 heterocycles. The number of nitrogens with one attached hydrogen (secondary N) is 1. The largest absolute Gasteiger partial charge is 0.481 e. The van der Waals surface area contributed by atoms with E-state index in [2.05, 4.69) is 34.5 Å². The summed E-state index contributed by atoms with van der Waals surface area (Å²) in [7, 11) is 0. The van der Waals surface area contributed by atoms with Gasteiger partial charge in [0, 0.05) is 25.3 Å². The fraction of sp³-hybridized carbons (Fsp3) is 0.435. The van der Waals surface area contributed by atoms with Crippen LogP contribution in [0.25, 0.3) is 0 Å². The number of carbonyl (C=O) groups excluding carboxylic acids is 1. The van der Waals surface area contributed by atoms with Gasteiger partial charge in [-0.25, -0.2) is 0 Å². The number of amides is 1. The number of carbonyl (C=O) groups is 1. The number of hydrogen-bond donors (Lipinski definition) is 1. The Bertz CT molecular complexity index is 736. The van der Waals surface area contributed by atoms with E-state index in [1.807, 2.05) is 38.1 Å². The van der Waals surface area contributed by atoms with Crippen molar-refractivity contribution in [3.8, 4) is 5.75 Å². The van der Waals surface area contributed by atoms with Crippen molar-refractivity contribution >= 4 is 11.6 Å². The molecule has 1 amide bonds. The van der Waals surface area contributed by atoms with Crippen molar-refractivity contribution in [3.05, 3.63) is 59.7 Å². The summed E-state index contributed by atoms with van der Waals surface area (Å²) in [6.07, 6.45) is 4.05. The Morgan fingerprint density at radius 1 is 1.11 bits per heavy atom. The van der Waals surface area contributed by atoms with Crippen molar-refractivity contribution in [2.75, 3.05) is 18.0 Å². The first-order chi connectivity index (χ1) is 13.2. The van der Waals surface area contributed by atoms with E-state index in [-0.39, 0.29) is 5.91 Å². The van der Waals surface area contributed by atoms with Crippen molar-refractivity contribution in [1.29, 1.82) is 0 Å². The maximum absolute atomic E-state index is 12.5. The van der Waals surface area contributed by atoms with Crippen LogP contribution in [-0.2, 0) is 11.3 Å². The maximum Gasteiger partial charge on any atom is 0.261 e. The van der Waals surface area contributed by atoms with Gasteiger partial charge in [-0.15, -0.1) is 0 Å². The summed E-state index contributed by atoms with van der Waals surface area (Å²) in [6.45, 7) is 6.79. The molecule has 2 aromatic rings. The standard InChI is InChI=1S/C23H30N2O2/c1-3-22(27-21-9-7-8-18(2)16-21)23(26)24-17-19-10-12-20(13-11-19)25-14-5-4-6-15-25/h7-13,16,22H,3-6,14-15,17H2,1-2H3,(H,24,26)/t22-/m0/s1. The van der Waals surface area contributed by atoms with Crippen LogP contribution in [0, 0.1) is 6.92 Å². The Hall–Kier alpha value is -2.49. The van der Waals surface area contributed by atoms with Crippen LogP contribution in [0.4, 0.5) is 5.69 Å². The summed E-state index contributed by atoms with van der Waals surface area (Å²) in [5.74, 6) is 0.669. The van der Waals surface area contributed by atoms with E-state index < -0.39 is 6.10 Å². The van der Waals surface area contributed by atoms with E-state index >= 15 is 0 Å². The fourth-order valence-electron chi connectivity index (χ4n) is 3.45. The van der Waals surface area contributed by atoms with Crippen LogP contribution in [0.3, 0.4) is 0 Å². The lowest BCUT2D eigenvalue weighted by Crippen LogP contribution is -2.37. The van der Waals surface area contributed by atoms with Crippen LogP contribution >= 0.6 is 0 Å². The highest BCUT2D eigenvalue weighted by molar-refractivity contribution is 5.81. The molecule has 2 aromatic carbocycles. The van der Waals surface area contributed by atoms with E-state index in [1.165, 1.54) is 24.9 Å². The van der Waals surface area contributed by atoms with E-state index in [4.69, 9.17) is 4.74 Å². The molecule has 4 nitrogen and oxygen atoms in total. The quantitative estimate of drug-likeness (QED) is 0.787. The van der Waals surface area contributed by atoms with Gasteiger partial charge in [-0.05, 0) is 68.0 Å². The zero-order valence-electron chi connectivity index (χ0n) is 16.4. The third-order valence-electron chi connectivity index (χ3n) is 5.06. The maximum atomic E-state index is 12.5. The highest BCUT2D eigenvalue weighted by atomic mass is 16.5. The molecule has 1 saturated heterocycles. The molecule has 3 rings (SSSR count). The monoisotopic (exact) mass is 366 g/mol. The lowest BCUT2D eigenvalue weighted by Gasteiger charge is -2.28. The van der Waals surface area contributed by atoms with E-state index in [1.54, 1.807) is 0 Å². The third kappa shape index (κ3) is 5.49.